The molecule has 2 rings (SSSR count). The molecule has 0 spiro atoms. The van der Waals surface area contributed by atoms with Gasteiger partial charge < -0.3 is 10.1 Å². The molecule has 0 aromatic heterocycles. The van der Waals surface area contributed by atoms with Crippen LogP contribution in [0.1, 0.15) is 27.6 Å². The minimum Gasteiger partial charge on any atom is -0.496 e. The van der Waals surface area contributed by atoms with Gasteiger partial charge >= 0.3 is 0 Å². The Morgan fingerprint density at radius 3 is 2.48 bits per heavy atom. The summed E-state index contributed by atoms with van der Waals surface area (Å²) in [5.74, 6) is -1.41. The summed E-state index contributed by atoms with van der Waals surface area (Å²) in [5, 5.41) is 2.54. The molecule has 2 aromatic carbocycles. The fraction of sp³-hybridized carbons (Fsp3) is 0.125. The Kier molecular flexibility index (Phi) is 4.33. The van der Waals surface area contributed by atoms with E-state index in [0.29, 0.717) is 11.3 Å². The lowest BCUT2D eigenvalue weighted by Gasteiger charge is -2.12. The molecular formula is C16H14FNO3. The van der Waals surface area contributed by atoms with Crippen molar-refractivity contribution in [3.05, 3.63) is 59.4 Å². The van der Waals surface area contributed by atoms with E-state index >= 15 is 0 Å². The van der Waals surface area contributed by atoms with Crippen LogP contribution >= 0.6 is 0 Å². The number of amides is 1. The smallest absolute Gasteiger partial charge is 0.262 e. The van der Waals surface area contributed by atoms with Gasteiger partial charge in [-0.3, -0.25) is 9.59 Å². The number of benzene rings is 2. The Balaban J connectivity index is 2.38. The second-order valence-electron chi connectivity index (χ2n) is 4.37. The number of rotatable bonds is 4. The maximum absolute atomic E-state index is 13.8. The summed E-state index contributed by atoms with van der Waals surface area (Å²) in [7, 11) is 1.36. The van der Waals surface area contributed by atoms with Crippen molar-refractivity contribution in [2.45, 2.75) is 6.92 Å². The van der Waals surface area contributed by atoms with E-state index in [2.05, 4.69) is 5.32 Å². The molecule has 4 nitrogen and oxygen atoms in total. The van der Waals surface area contributed by atoms with Crippen molar-refractivity contribution in [1.82, 2.24) is 0 Å². The molecule has 0 aliphatic rings. The summed E-state index contributed by atoms with van der Waals surface area (Å²) < 4.78 is 18.8. The van der Waals surface area contributed by atoms with Crippen LogP contribution in [-0.2, 0) is 0 Å². The van der Waals surface area contributed by atoms with Crippen LogP contribution in [0.25, 0.3) is 0 Å². The fourth-order valence-electron chi connectivity index (χ4n) is 1.98. The molecule has 0 aliphatic heterocycles. The molecule has 21 heavy (non-hydrogen) atoms. The van der Waals surface area contributed by atoms with Crippen molar-refractivity contribution in [3.63, 3.8) is 0 Å². The van der Waals surface area contributed by atoms with Crippen LogP contribution in [0, 0.1) is 5.82 Å². The average molecular weight is 287 g/mol. The lowest BCUT2D eigenvalue weighted by Crippen LogP contribution is -2.16. The fourth-order valence-corrected chi connectivity index (χ4v) is 1.98. The molecule has 0 radical (unpaired) electrons. The standard InChI is InChI=1S/C16H14FNO3/c1-10(19)11-6-3-4-8-13(11)18-16(20)15-12(17)7-5-9-14(15)21-2/h3-9H,1-2H3,(H,18,20). The highest BCUT2D eigenvalue weighted by Gasteiger charge is 2.19. The number of hydrogen-bond acceptors (Lipinski definition) is 3. The van der Waals surface area contributed by atoms with Gasteiger partial charge in [0, 0.05) is 5.56 Å². The number of ketones is 1. The first-order chi connectivity index (χ1) is 10.0. The molecule has 0 bridgehead atoms. The topological polar surface area (TPSA) is 55.4 Å². The van der Waals surface area contributed by atoms with Gasteiger partial charge in [-0.2, -0.15) is 0 Å². The van der Waals surface area contributed by atoms with E-state index in [-0.39, 0.29) is 17.1 Å². The van der Waals surface area contributed by atoms with E-state index < -0.39 is 11.7 Å². The molecule has 0 saturated carbocycles. The number of anilines is 1. The van der Waals surface area contributed by atoms with E-state index in [1.165, 1.54) is 32.2 Å². The molecular weight excluding hydrogens is 273 g/mol. The SMILES string of the molecule is COc1cccc(F)c1C(=O)Nc1ccccc1C(C)=O. The Hall–Kier alpha value is -2.69. The Morgan fingerprint density at radius 2 is 1.81 bits per heavy atom. The van der Waals surface area contributed by atoms with Gasteiger partial charge in [-0.25, -0.2) is 4.39 Å². The molecule has 0 unspecified atom stereocenters. The van der Waals surface area contributed by atoms with Crippen LogP contribution in [0.4, 0.5) is 10.1 Å². The first kappa shape index (κ1) is 14.7. The highest BCUT2D eigenvalue weighted by molar-refractivity contribution is 6.10. The highest BCUT2D eigenvalue weighted by Crippen LogP contribution is 2.23. The maximum atomic E-state index is 13.8. The van der Waals surface area contributed by atoms with E-state index in [9.17, 15) is 14.0 Å². The Morgan fingerprint density at radius 1 is 1.10 bits per heavy atom. The van der Waals surface area contributed by atoms with Crippen molar-refractivity contribution in [3.8, 4) is 5.75 Å². The van der Waals surface area contributed by atoms with Gasteiger partial charge in [0.2, 0.25) is 0 Å². The van der Waals surface area contributed by atoms with E-state index in [4.69, 9.17) is 4.74 Å². The molecule has 0 heterocycles. The lowest BCUT2D eigenvalue weighted by molar-refractivity contribution is 0.101. The predicted molar refractivity (Wildman–Crippen MR) is 77.4 cm³/mol. The lowest BCUT2D eigenvalue weighted by atomic mass is 10.1. The zero-order valence-corrected chi connectivity index (χ0v) is 11.6. The number of Topliss-reactive ketones (excluding diaryl/α,β-unsaturated/α-hetero) is 1. The minimum atomic E-state index is -0.688. The summed E-state index contributed by atoms with van der Waals surface area (Å²) >= 11 is 0. The molecule has 5 heteroatoms. The van der Waals surface area contributed by atoms with Crippen molar-refractivity contribution in [2.24, 2.45) is 0 Å². The average Bonchev–Trinajstić information content (AvgIpc) is 2.47. The predicted octanol–water partition coefficient (Wildman–Crippen LogP) is 3.29. The first-order valence-corrected chi connectivity index (χ1v) is 6.28. The monoisotopic (exact) mass is 287 g/mol. The summed E-state index contributed by atoms with van der Waals surface area (Å²) in [5.41, 5.74) is 0.500. The van der Waals surface area contributed by atoms with Crippen LogP contribution in [-0.4, -0.2) is 18.8 Å². The number of nitrogens with one attached hydrogen (secondary N) is 1. The number of methoxy groups -OCH3 is 1. The Labute approximate surface area is 121 Å². The largest absolute Gasteiger partial charge is 0.496 e. The van der Waals surface area contributed by atoms with Crippen molar-refractivity contribution in [1.29, 1.82) is 0 Å². The van der Waals surface area contributed by atoms with E-state index in [1.807, 2.05) is 0 Å². The third-order valence-electron chi connectivity index (χ3n) is 2.98. The van der Waals surface area contributed by atoms with Gasteiger partial charge in [0.25, 0.3) is 5.91 Å². The molecule has 0 aliphatic carbocycles. The van der Waals surface area contributed by atoms with Crippen molar-refractivity contribution in [2.75, 3.05) is 12.4 Å². The number of para-hydroxylation sites is 1. The highest BCUT2D eigenvalue weighted by atomic mass is 19.1. The number of halogens is 1. The van der Waals surface area contributed by atoms with Gasteiger partial charge in [-0.1, -0.05) is 18.2 Å². The van der Waals surface area contributed by atoms with Crippen molar-refractivity contribution >= 4 is 17.4 Å². The van der Waals surface area contributed by atoms with Gasteiger partial charge in [0.15, 0.2) is 5.78 Å². The van der Waals surface area contributed by atoms with Crippen LogP contribution < -0.4 is 10.1 Å². The van der Waals surface area contributed by atoms with Gasteiger partial charge in [-0.15, -0.1) is 0 Å². The maximum Gasteiger partial charge on any atom is 0.262 e. The van der Waals surface area contributed by atoms with Crippen LogP contribution in [0.15, 0.2) is 42.5 Å². The quantitative estimate of drug-likeness (QED) is 0.878. The molecule has 108 valence electrons. The third-order valence-corrected chi connectivity index (χ3v) is 2.98. The number of carbonyl (C=O) groups is 2. The summed E-state index contributed by atoms with van der Waals surface area (Å²) in [4.78, 5) is 23.8. The zero-order valence-electron chi connectivity index (χ0n) is 11.6. The van der Waals surface area contributed by atoms with Crippen LogP contribution in [0.5, 0.6) is 5.75 Å². The van der Waals surface area contributed by atoms with Gasteiger partial charge in [0.1, 0.15) is 17.1 Å². The third kappa shape index (κ3) is 3.08. The molecule has 0 saturated heterocycles. The van der Waals surface area contributed by atoms with Crippen molar-refractivity contribution < 1.29 is 18.7 Å². The molecule has 1 N–H and O–H groups in total. The van der Waals surface area contributed by atoms with E-state index in [1.54, 1.807) is 24.3 Å². The molecule has 0 fully saturated rings. The Bertz CT molecular complexity index is 698. The first-order valence-electron chi connectivity index (χ1n) is 6.28. The van der Waals surface area contributed by atoms with Crippen LogP contribution in [0.2, 0.25) is 0 Å². The van der Waals surface area contributed by atoms with E-state index in [0.717, 1.165) is 0 Å². The number of ether oxygens (including phenoxy) is 1. The summed E-state index contributed by atoms with van der Waals surface area (Å²) in [6, 6.07) is 10.7. The minimum absolute atomic E-state index is 0.132. The molecule has 2 aromatic rings. The second kappa shape index (κ2) is 6.17. The molecule has 1 amide bonds. The summed E-state index contributed by atoms with van der Waals surface area (Å²) in [6.45, 7) is 1.40. The normalized spacial score (nSPS) is 10.0. The number of carbonyl (C=O) groups excluding carboxylic acids is 2. The molecule has 0 atom stereocenters. The zero-order chi connectivity index (χ0) is 15.4. The number of hydrogen-bond donors (Lipinski definition) is 1. The summed E-state index contributed by atoms with van der Waals surface area (Å²) in [6.07, 6.45) is 0. The van der Waals surface area contributed by atoms with Crippen LogP contribution in [0.3, 0.4) is 0 Å². The second-order valence-corrected chi connectivity index (χ2v) is 4.37. The van der Waals surface area contributed by atoms with Gasteiger partial charge in [-0.05, 0) is 31.2 Å². The van der Waals surface area contributed by atoms with Gasteiger partial charge in [0.05, 0.1) is 12.8 Å².